The van der Waals surface area contributed by atoms with Gasteiger partial charge in [0.2, 0.25) is 10.0 Å². The first-order valence-corrected chi connectivity index (χ1v) is 13.0. The molecule has 2 fully saturated rings. The summed E-state index contributed by atoms with van der Waals surface area (Å²) in [5, 5.41) is 12.5. The number of pyridine rings is 1. The normalized spacial score (nSPS) is 17.9. The molecule has 3 aromatic rings. The number of nitrogens with zero attached hydrogens (tertiary/aromatic N) is 5. The number of hydrogen-bond donors (Lipinski definition) is 0. The van der Waals surface area contributed by atoms with Crippen molar-refractivity contribution in [3.63, 3.8) is 0 Å². The van der Waals surface area contributed by atoms with Crippen molar-refractivity contribution in [2.75, 3.05) is 44.2 Å². The van der Waals surface area contributed by atoms with E-state index >= 15 is 0 Å². The third-order valence-corrected chi connectivity index (χ3v) is 8.59. The fourth-order valence-corrected chi connectivity index (χ4v) is 6.58. The highest BCUT2D eigenvalue weighted by Gasteiger charge is 2.33. The number of hydrogen-bond acceptors (Lipinski definition) is 7. The lowest BCUT2D eigenvalue weighted by Crippen LogP contribution is -2.46. The standard InChI is InChI=1S/C24H27N5O4S/c30-29(31)21-8-9-22(23(17-21)34(32,33)28-11-1-2-12-28)27-15-13-26(14-16-27)18-20-6-3-5-19-7-4-10-25-24(19)20/h3-10,17H,1-2,11-16,18H2. The van der Waals surface area contributed by atoms with Gasteiger partial charge in [0.25, 0.3) is 5.69 Å². The topological polar surface area (TPSA) is 99.9 Å². The minimum Gasteiger partial charge on any atom is -0.368 e. The van der Waals surface area contributed by atoms with Crippen LogP contribution >= 0.6 is 0 Å². The maximum atomic E-state index is 13.4. The highest BCUT2D eigenvalue weighted by atomic mass is 32.2. The number of nitro groups is 1. The van der Waals surface area contributed by atoms with Crippen molar-refractivity contribution < 1.29 is 13.3 Å². The van der Waals surface area contributed by atoms with E-state index in [-0.39, 0.29) is 10.6 Å². The Balaban J connectivity index is 1.37. The van der Waals surface area contributed by atoms with Crippen molar-refractivity contribution in [2.45, 2.75) is 24.3 Å². The van der Waals surface area contributed by atoms with Gasteiger partial charge in [-0.3, -0.25) is 20.0 Å². The van der Waals surface area contributed by atoms with Crippen LogP contribution in [0.5, 0.6) is 0 Å². The summed E-state index contributed by atoms with van der Waals surface area (Å²) in [7, 11) is -3.80. The first-order valence-electron chi connectivity index (χ1n) is 11.5. The van der Waals surface area contributed by atoms with Gasteiger partial charge in [0.05, 0.1) is 16.1 Å². The number of benzene rings is 2. The zero-order valence-corrected chi connectivity index (χ0v) is 19.7. The first-order chi connectivity index (χ1) is 16.4. The fraction of sp³-hybridized carbons (Fsp3) is 0.375. The predicted octanol–water partition coefficient (Wildman–Crippen LogP) is 3.25. The molecule has 0 aliphatic carbocycles. The van der Waals surface area contributed by atoms with E-state index in [9.17, 15) is 18.5 Å². The zero-order chi connectivity index (χ0) is 23.7. The van der Waals surface area contributed by atoms with E-state index in [1.54, 1.807) is 12.3 Å². The number of non-ortho nitro benzene ring substituents is 1. The van der Waals surface area contributed by atoms with Gasteiger partial charge in [0, 0.05) is 69.5 Å². The minimum absolute atomic E-state index is 0.0373. The van der Waals surface area contributed by atoms with E-state index in [2.05, 4.69) is 28.1 Å². The lowest BCUT2D eigenvalue weighted by atomic mass is 10.1. The van der Waals surface area contributed by atoms with Crippen LogP contribution in [0, 0.1) is 10.1 Å². The van der Waals surface area contributed by atoms with Crippen LogP contribution in [-0.4, -0.2) is 66.8 Å². The maximum Gasteiger partial charge on any atom is 0.270 e. The Morgan fingerprint density at radius 1 is 0.941 bits per heavy atom. The molecule has 2 aromatic carbocycles. The van der Waals surface area contributed by atoms with Crippen molar-refractivity contribution in [2.24, 2.45) is 0 Å². The van der Waals surface area contributed by atoms with Crippen LogP contribution in [0.15, 0.2) is 59.6 Å². The molecule has 0 unspecified atom stereocenters. The lowest BCUT2D eigenvalue weighted by Gasteiger charge is -2.37. The second-order valence-corrected chi connectivity index (χ2v) is 10.7. The van der Waals surface area contributed by atoms with Crippen LogP contribution in [0.3, 0.4) is 0 Å². The molecule has 2 saturated heterocycles. The molecule has 0 bridgehead atoms. The van der Waals surface area contributed by atoms with Crippen LogP contribution in [0.2, 0.25) is 0 Å². The summed E-state index contributed by atoms with van der Waals surface area (Å²) in [6, 6.07) is 14.4. The monoisotopic (exact) mass is 481 g/mol. The summed E-state index contributed by atoms with van der Waals surface area (Å²) in [5.41, 5.74) is 2.51. The molecule has 3 heterocycles. The molecule has 0 saturated carbocycles. The van der Waals surface area contributed by atoms with Gasteiger partial charge in [0.1, 0.15) is 4.90 Å². The number of aromatic nitrogens is 1. The summed E-state index contributed by atoms with van der Waals surface area (Å²) >= 11 is 0. The Hall–Kier alpha value is -3.08. The van der Waals surface area contributed by atoms with E-state index in [4.69, 9.17) is 0 Å². The van der Waals surface area contributed by atoms with Crippen LogP contribution < -0.4 is 4.90 Å². The summed E-state index contributed by atoms with van der Waals surface area (Å²) in [6.45, 7) is 4.46. The highest BCUT2D eigenvalue weighted by Crippen LogP contribution is 2.33. The molecule has 9 nitrogen and oxygen atoms in total. The van der Waals surface area contributed by atoms with Gasteiger partial charge in [-0.15, -0.1) is 0 Å². The van der Waals surface area contributed by atoms with Crippen molar-refractivity contribution in [3.05, 3.63) is 70.4 Å². The molecule has 34 heavy (non-hydrogen) atoms. The molecule has 1 aromatic heterocycles. The molecular formula is C24H27N5O4S. The Labute approximate surface area is 198 Å². The Morgan fingerprint density at radius 3 is 2.41 bits per heavy atom. The van der Waals surface area contributed by atoms with Crippen LogP contribution in [0.25, 0.3) is 10.9 Å². The summed E-state index contributed by atoms with van der Waals surface area (Å²) in [5.74, 6) is 0. The molecule has 0 radical (unpaired) electrons. The molecule has 0 spiro atoms. The third-order valence-electron chi connectivity index (χ3n) is 6.66. The number of piperazine rings is 1. The SMILES string of the molecule is O=[N+]([O-])c1ccc(N2CCN(Cc3cccc4cccnc34)CC2)c(S(=O)(=O)N2CCCC2)c1. The van der Waals surface area contributed by atoms with Crippen molar-refractivity contribution in [1.82, 2.24) is 14.2 Å². The number of fused-ring (bicyclic) bond motifs is 1. The minimum atomic E-state index is -3.80. The van der Waals surface area contributed by atoms with Crippen LogP contribution in [-0.2, 0) is 16.6 Å². The predicted molar refractivity (Wildman–Crippen MR) is 130 cm³/mol. The average Bonchev–Trinajstić information content (AvgIpc) is 3.41. The van der Waals surface area contributed by atoms with Crippen LogP contribution in [0.4, 0.5) is 11.4 Å². The van der Waals surface area contributed by atoms with E-state index in [1.807, 2.05) is 17.0 Å². The summed E-state index contributed by atoms with van der Waals surface area (Å²) in [6.07, 6.45) is 3.43. The molecule has 178 valence electrons. The van der Waals surface area contributed by atoms with Gasteiger partial charge in [0.15, 0.2) is 0 Å². The van der Waals surface area contributed by atoms with Gasteiger partial charge < -0.3 is 4.90 Å². The number of para-hydroxylation sites is 1. The second kappa shape index (κ2) is 9.28. The Bertz CT molecular complexity index is 1310. The summed E-state index contributed by atoms with van der Waals surface area (Å²) in [4.78, 5) is 19.8. The zero-order valence-electron chi connectivity index (χ0n) is 18.8. The van der Waals surface area contributed by atoms with Crippen molar-refractivity contribution in [3.8, 4) is 0 Å². The number of rotatable bonds is 6. The largest absolute Gasteiger partial charge is 0.368 e. The number of anilines is 1. The number of nitro benzene ring substituents is 1. The van der Waals surface area contributed by atoms with E-state index in [0.717, 1.165) is 43.4 Å². The average molecular weight is 482 g/mol. The van der Waals surface area contributed by atoms with E-state index in [0.29, 0.717) is 31.9 Å². The van der Waals surface area contributed by atoms with Crippen molar-refractivity contribution >= 4 is 32.3 Å². The molecule has 10 heteroatoms. The van der Waals surface area contributed by atoms with Gasteiger partial charge in [-0.25, -0.2) is 8.42 Å². The maximum absolute atomic E-state index is 13.4. The molecule has 0 N–H and O–H groups in total. The second-order valence-electron chi connectivity index (χ2n) is 8.78. The summed E-state index contributed by atoms with van der Waals surface area (Å²) < 4.78 is 28.2. The van der Waals surface area contributed by atoms with Gasteiger partial charge in [-0.05, 0) is 30.5 Å². The first kappa shape index (κ1) is 22.7. The van der Waals surface area contributed by atoms with Gasteiger partial charge >= 0.3 is 0 Å². The molecule has 0 amide bonds. The molecule has 0 atom stereocenters. The highest BCUT2D eigenvalue weighted by molar-refractivity contribution is 7.89. The molecule has 5 rings (SSSR count). The van der Waals surface area contributed by atoms with Gasteiger partial charge in [-0.2, -0.15) is 4.31 Å². The van der Waals surface area contributed by atoms with E-state index in [1.165, 1.54) is 22.0 Å². The molecule has 2 aliphatic rings. The fourth-order valence-electron chi connectivity index (χ4n) is 4.83. The smallest absolute Gasteiger partial charge is 0.270 e. The Kier molecular flexibility index (Phi) is 6.20. The van der Waals surface area contributed by atoms with Crippen LogP contribution in [0.1, 0.15) is 18.4 Å². The Morgan fingerprint density at radius 2 is 1.68 bits per heavy atom. The molecule has 2 aliphatic heterocycles. The quantitative estimate of drug-likeness (QED) is 0.394. The third kappa shape index (κ3) is 4.36. The number of sulfonamides is 1. The van der Waals surface area contributed by atoms with E-state index < -0.39 is 14.9 Å². The van der Waals surface area contributed by atoms with Crippen molar-refractivity contribution in [1.29, 1.82) is 0 Å². The lowest BCUT2D eigenvalue weighted by molar-refractivity contribution is -0.385. The molecular weight excluding hydrogens is 454 g/mol. The van der Waals surface area contributed by atoms with Gasteiger partial charge in [-0.1, -0.05) is 24.3 Å².